The molecule has 0 unspecified atom stereocenters. The molecule has 1 aromatic heterocycles. The third kappa shape index (κ3) is 2.28. The zero-order valence-electron chi connectivity index (χ0n) is 9.17. The van der Waals surface area contributed by atoms with Gasteiger partial charge in [-0.05, 0) is 0 Å². The van der Waals surface area contributed by atoms with E-state index >= 15 is 0 Å². The van der Waals surface area contributed by atoms with E-state index in [1.807, 2.05) is 48.1 Å². The summed E-state index contributed by atoms with van der Waals surface area (Å²) in [7, 11) is 1.94. The molecule has 2 N–H and O–H groups in total. The first-order chi connectivity index (χ1) is 7.77. The molecule has 1 heterocycles. The van der Waals surface area contributed by atoms with Gasteiger partial charge in [0.1, 0.15) is 11.7 Å². The van der Waals surface area contributed by atoms with Gasteiger partial charge in [-0.3, -0.25) is 4.99 Å². The summed E-state index contributed by atoms with van der Waals surface area (Å²) in [6.45, 7) is 0.504. The highest BCUT2D eigenvalue weighted by molar-refractivity contribution is 5.97. The van der Waals surface area contributed by atoms with Gasteiger partial charge < -0.3 is 10.3 Å². The van der Waals surface area contributed by atoms with Crippen molar-refractivity contribution in [3.8, 4) is 0 Å². The molecule has 0 aliphatic heterocycles. The van der Waals surface area contributed by atoms with Crippen LogP contribution in [0, 0.1) is 0 Å². The molecular formula is C12H14N4. The molecule has 16 heavy (non-hydrogen) atoms. The van der Waals surface area contributed by atoms with Crippen LogP contribution in [0.2, 0.25) is 0 Å². The molecule has 2 rings (SSSR count). The van der Waals surface area contributed by atoms with Crippen molar-refractivity contribution in [3.63, 3.8) is 0 Å². The van der Waals surface area contributed by atoms with Crippen LogP contribution in [-0.4, -0.2) is 15.4 Å². The Morgan fingerprint density at radius 1 is 1.38 bits per heavy atom. The van der Waals surface area contributed by atoms with Crippen LogP contribution in [-0.2, 0) is 13.6 Å². The number of aliphatic imine (C=N–C) groups is 1. The molecule has 0 atom stereocenters. The van der Waals surface area contributed by atoms with Crippen molar-refractivity contribution < 1.29 is 0 Å². The van der Waals surface area contributed by atoms with E-state index in [-0.39, 0.29) is 0 Å². The lowest BCUT2D eigenvalue weighted by Crippen LogP contribution is -2.13. The van der Waals surface area contributed by atoms with Crippen molar-refractivity contribution in [1.82, 2.24) is 9.55 Å². The summed E-state index contributed by atoms with van der Waals surface area (Å²) in [5.74, 6) is 1.45. The number of nitrogens with zero attached hydrogens (tertiary/aromatic N) is 3. The molecule has 2 aromatic rings. The minimum absolute atomic E-state index is 0.504. The van der Waals surface area contributed by atoms with E-state index in [2.05, 4.69) is 9.98 Å². The van der Waals surface area contributed by atoms with E-state index in [9.17, 15) is 0 Å². The summed E-state index contributed by atoms with van der Waals surface area (Å²) in [6.07, 6.45) is 3.65. The van der Waals surface area contributed by atoms with E-state index in [1.54, 1.807) is 6.20 Å². The van der Waals surface area contributed by atoms with Gasteiger partial charge in [0.05, 0.1) is 6.54 Å². The highest BCUT2D eigenvalue weighted by atomic mass is 15.1. The van der Waals surface area contributed by atoms with Gasteiger partial charge in [0, 0.05) is 25.0 Å². The van der Waals surface area contributed by atoms with E-state index in [1.165, 1.54) is 0 Å². The van der Waals surface area contributed by atoms with Gasteiger partial charge in [0.25, 0.3) is 0 Å². The summed E-state index contributed by atoms with van der Waals surface area (Å²) >= 11 is 0. The van der Waals surface area contributed by atoms with Gasteiger partial charge in [-0.2, -0.15) is 0 Å². The molecule has 4 nitrogen and oxygen atoms in total. The van der Waals surface area contributed by atoms with E-state index in [0.29, 0.717) is 12.4 Å². The first-order valence-electron chi connectivity index (χ1n) is 5.09. The van der Waals surface area contributed by atoms with E-state index in [4.69, 9.17) is 5.73 Å². The largest absolute Gasteiger partial charge is 0.383 e. The normalized spacial score (nSPS) is 11.7. The van der Waals surface area contributed by atoms with Crippen LogP contribution in [0.15, 0.2) is 47.7 Å². The second-order valence-electron chi connectivity index (χ2n) is 3.52. The Morgan fingerprint density at radius 2 is 2.12 bits per heavy atom. The number of benzene rings is 1. The standard InChI is InChI=1S/C12H14N4/c1-16-8-7-14-11(16)9-15-12(13)10-5-3-2-4-6-10/h2-8H,9H2,1H3,(H2,13,15). The monoisotopic (exact) mass is 214 g/mol. The quantitative estimate of drug-likeness (QED) is 0.619. The smallest absolute Gasteiger partial charge is 0.130 e. The van der Waals surface area contributed by atoms with Crippen LogP contribution >= 0.6 is 0 Å². The summed E-state index contributed by atoms with van der Waals surface area (Å²) < 4.78 is 1.93. The lowest BCUT2D eigenvalue weighted by Gasteiger charge is -2.01. The Hall–Kier alpha value is -2.10. The number of hydrogen-bond acceptors (Lipinski definition) is 2. The maximum atomic E-state index is 5.87. The molecule has 0 saturated heterocycles. The fourth-order valence-corrected chi connectivity index (χ4v) is 1.40. The maximum Gasteiger partial charge on any atom is 0.130 e. The fraction of sp³-hybridized carbons (Fsp3) is 0.167. The highest BCUT2D eigenvalue weighted by Crippen LogP contribution is 2.01. The first kappa shape index (κ1) is 10.4. The third-order valence-corrected chi connectivity index (χ3v) is 2.38. The molecule has 0 radical (unpaired) electrons. The number of imidazole rings is 1. The van der Waals surface area contributed by atoms with Crippen molar-refractivity contribution in [2.45, 2.75) is 6.54 Å². The van der Waals surface area contributed by atoms with Gasteiger partial charge >= 0.3 is 0 Å². The van der Waals surface area contributed by atoms with Crippen molar-refractivity contribution in [3.05, 3.63) is 54.1 Å². The van der Waals surface area contributed by atoms with Crippen LogP contribution in [0.3, 0.4) is 0 Å². The second kappa shape index (κ2) is 4.61. The molecule has 1 aromatic carbocycles. The Morgan fingerprint density at radius 3 is 2.75 bits per heavy atom. The Bertz CT molecular complexity index is 485. The van der Waals surface area contributed by atoms with Gasteiger partial charge in [0.2, 0.25) is 0 Å². The number of aromatic nitrogens is 2. The molecule has 0 amide bonds. The maximum absolute atomic E-state index is 5.87. The SMILES string of the molecule is Cn1ccnc1CN=C(N)c1ccccc1. The molecule has 82 valence electrons. The number of rotatable bonds is 3. The predicted molar refractivity (Wildman–Crippen MR) is 64.1 cm³/mol. The van der Waals surface area contributed by atoms with Crippen LogP contribution in [0.5, 0.6) is 0 Å². The molecule has 4 heteroatoms. The first-order valence-corrected chi connectivity index (χ1v) is 5.09. The number of aryl methyl sites for hydroxylation is 1. The number of hydrogen-bond donors (Lipinski definition) is 1. The number of nitrogens with two attached hydrogens (primary N) is 1. The zero-order chi connectivity index (χ0) is 11.4. The Labute approximate surface area is 94.5 Å². The minimum Gasteiger partial charge on any atom is -0.383 e. The molecular weight excluding hydrogens is 200 g/mol. The highest BCUT2D eigenvalue weighted by Gasteiger charge is 1.99. The van der Waals surface area contributed by atoms with Crippen LogP contribution in [0.1, 0.15) is 11.4 Å². The van der Waals surface area contributed by atoms with Gasteiger partial charge in [-0.25, -0.2) is 4.98 Å². The molecule has 0 fully saturated rings. The minimum atomic E-state index is 0.504. The summed E-state index contributed by atoms with van der Waals surface area (Å²) in [5.41, 5.74) is 6.82. The zero-order valence-corrected chi connectivity index (χ0v) is 9.17. The average Bonchev–Trinajstić information content (AvgIpc) is 2.73. The summed E-state index contributed by atoms with van der Waals surface area (Å²) in [6, 6.07) is 9.72. The van der Waals surface area contributed by atoms with Crippen LogP contribution in [0.4, 0.5) is 0 Å². The Balaban J connectivity index is 2.12. The Kier molecular flexibility index (Phi) is 3.00. The molecule has 0 saturated carbocycles. The lowest BCUT2D eigenvalue weighted by atomic mass is 10.2. The average molecular weight is 214 g/mol. The van der Waals surface area contributed by atoms with Gasteiger partial charge in [-0.15, -0.1) is 0 Å². The fourth-order valence-electron chi connectivity index (χ4n) is 1.40. The van der Waals surface area contributed by atoms with Crippen molar-refractivity contribution in [2.24, 2.45) is 17.8 Å². The lowest BCUT2D eigenvalue weighted by molar-refractivity contribution is 0.794. The third-order valence-electron chi connectivity index (χ3n) is 2.38. The second-order valence-corrected chi connectivity index (χ2v) is 3.52. The van der Waals surface area contributed by atoms with Crippen LogP contribution in [0.25, 0.3) is 0 Å². The van der Waals surface area contributed by atoms with Crippen molar-refractivity contribution >= 4 is 5.84 Å². The van der Waals surface area contributed by atoms with Crippen molar-refractivity contribution in [1.29, 1.82) is 0 Å². The number of amidine groups is 1. The van der Waals surface area contributed by atoms with Crippen molar-refractivity contribution in [2.75, 3.05) is 0 Å². The molecule has 0 aliphatic rings. The van der Waals surface area contributed by atoms with Gasteiger partial charge in [-0.1, -0.05) is 30.3 Å². The molecule has 0 spiro atoms. The van der Waals surface area contributed by atoms with Gasteiger partial charge in [0.15, 0.2) is 0 Å². The topological polar surface area (TPSA) is 56.2 Å². The molecule has 0 aliphatic carbocycles. The summed E-state index contributed by atoms with van der Waals surface area (Å²) in [5, 5.41) is 0. The van der Waals surface area contributed by atoms with E-state index < -0.39 is 0 Å². The van der Waals surface area contributed by atoms with Crippen LogP contribution < -0.4 is 5.73 Å². The summed E-state index contributed by atoms with van der Waals surface area (Å²) in [4.78, 5) is 8.49. The predicted octanol–water partition coefficient (Wildman–Crippen LogP) is 1.33. The van der Waals surface area contributed by atoms with E-state index in [0.717, 1.165) is 11.4 Å². The molecule has 0 bridgehead atoms.